The van der Waals surface area contributed by atoms with Crippen molar-refractivity contribution in [1.82, 2.24) is 35.6 Å². The van der Waals surface area contributed by atoms with E-state index >= 15 is 0 Å². The number of methoxy groups -OCH3 is 2. The Kier molecular flexibility index (Phi) is 39.3. The molecule has 600 valence electrons. The minimum Gasteiger partial charge on any atom is -0.480 e. The molecule has 2 fully saturated rings. The van der Waals surface area contributed by atoms with Crippen molar-refractivity contribution in [3.63, 3.8) is 0 Å². The van der Waals surface area contributed by atoms with E-state index in [4.69, 9.17) is 19.9 Å². The van der Waals surface area contributed by atoms with Gasteiger partial charge in [0, 0.05) is 110 Å². The Morgan fingerprint density at radius 2 is 1.33 bits per heavy atom. The Labute approximate surface area is 641 Å². The number of imide groups is 1. The number of hydrogen-bond donors (Lipinski definition) is 5. The largest absolute Gasteiger partial charge is 0.480 e. The van der Waals surface area contributed by atoms with Gasteiger partial charge in [0.1, 0.15) is 18.4 Å². The van der Waals surface area contributed by atoms with Crippen LogP contribution in [0.4, 0.5) is 15.3 Å². The highest BCUT2D eigenvalue weighted by atomic mass is 16.6. The summed E-state index contributed by atoms with van der Waals surface area (Å²) in [5.74, 6) is -5.16. The van der Waals surface area contributed by atoms with Crippen molar-refractivity contribution in [3.05, 3.63) is 101 Å². The van der Waals surface area contributed by atoms with E-state index in [9.17, 15) is 62.6 Å². The third-order valence-corrected chi connectivity index (χ3v) is 21.2. The number of likely N-dealkylation sites (N-methyl/N-ethyl adjacent to an activating group) is 2. The summed E-state index contributed by atoms with van der Waals surface area (Å²) in [7, 11) is 8.44. The molecule has 0 aromatic heterocycles. The summed E-state index contributed by atoms with van der Waals surface area (Å²) in [4.78, 5) is 164. The zero-order valence-corrected chi connectivity index (χ0v) is 67.4. The number of likely N-dealkylation sites (tertiary alicyclic amines) is 2. The molecule has 25 heteroatoms. The molecule has 108 heavy (non-hydrogen) atoms. The normalized spacial score (nSPS) is 17.2. The van der Waals surface area contributed by atoms with E-state index in [1.54, 1.807) is 69.1 Å². The van der Waals surface area contributed by atoms with Crippen molar-refractivity contribution < 1.29 is 76.9 Å². The summed E-state index contributed by atoms with van der Waals surface area (Å²) in [5.41, 5.74) is 9.22. The van der Waals surface area contributed by atoms with Crippen LogP contribution >= 0.6 is 0 Å². The molecule has 2 saturated heterocycles. The number of carbonyl (C=O) groups is 12. The SMILES string of the molecule is CCCN(C)[C@H](C(=O)C[C@H](C(=O)N(C)[C@@H]([C@@H](C)CC)[C@@H](CC(=O)N1CCC[C@H]1[C@H](OC)[C@@H](C)C(=O)N[C@@H](Cc1ccccc1)C(=O)O)OC)C(C)C)C(C)C.Cc1ccc(N(C)C(=O)OCc2ccc(CC(=O)[C@H](CCCNC(N)=O)NC(=O)[C@@H](CC(=O)CCCCCN3C(=O)CC(C)C3=O)C(C)C)cc2)cc1. The Balaban J connectivity index is 0.000000457. The minimum atomic E-state index is -1.13. The average Bonchev–Trinajstić information content (AvgIpc) is 1.53. The number of carboxylic acids is 1. The number of Topliss-reactive ketones (excluding diaryl/α,β-unsaturated/α-hetero) is 3. The fraction of sp³-hybridized carbons (Fsp3) is 0.639. The maximum atomic E-state index is 14.4. The molecule has 2 heterocycles. The molecule has 9 amide bonds. The molecule has 0 radical (unpaired) electrons. The van der Waals surface area contributed by atoms with Gasteiger partial charge in [-0.15, -0.1) is 0 Å². The number of anilines is 1. The number of nitrogens with two attached hydrogens (primary N) is 1. The molecule has 0 saturated carbocycles. The van der Waals surface area contributed by atoms with E-state index in [0.29, 0.717) is 56.4 Å². The average molecular weight is 1510 g/mol. The number of nitrogens with one attached hydrogen (secondary N) is 3. The van der Waals surface area contributed by atoms with E-state index in [2.05, 4.69) is 34.7 Å². The lowest BCUT2D eigenvalue weighted by Crippen LogP contribution is -2.55. The molecular weight excluding hydrogens is 1380 g/mol. The second-order valence-corrected chi connectivity index (χ2v) is 30.7. The van der Waals surface area contributed by atoms with Gasteiger partial charge in [-0.05, 0) is 118 Å². The van der Waals surface area contributed by atoms with Gasteiger partial charge in [0.15, 0.2) is 11.6 Å². The number of rotatable bonds is 45. The van der Waals surface area contributed by atoms with Gasteiger partial charge in [-0.2, -0.15) is 0 Å². The van der Waals surface area contributed by atoms with E-state index in [0.717, 1.165) is 42.5 Å². The number of ketones is 3. The number of primary amides is 1. The lowest BCUT2D eigenvalue weighted by molar-refractivity contribution is -0.149. The van der Waals surface area contributed by atoms with Crippen LogP contribution < -0.4 is 26.6 Å². The number of hydrogen-bond acceptors (Lipinski definition) is 16. The van der Waals surface area contributed by atoms with Gasteiger partial charge >= 0.3 is 18.1 Å². The first-order valence-corrected chi connectivity index (χ1v) is 38.8. The smallest absolute Gasteiger partial charge is 0.414 e. The maximum absolute atomic E-state index is 14.4. The van der Waals surface area contributed by atoms with Gasteiger partial charge < -0.3 is 50.8 Å². The first-order valence-electron chi connectivity index (χ1n) is 38.8. The summed E-state index contributed by atoms with van der Waals surface area (Å²) in [5, 5.41) is 18.0. The van der Waals surface area contributed by atoms with Crippen LogP contribution in [0.2, 0.25) is 0 Å². The van der Waals surface area contributed by atoms with Crippen molar-refractivity contribution in [2.45, 2.75) is 235 Å². The van der Waals surface area contributed by atoms with Crippen molar-refractivity contribution in [2.24, 2.45) is 53.1 Å². The number of amides is 9. The van der Waals surface area contributed by atoms with Gasteiger partial charge in [-0.3, -0.25) is 57.9 Å². The summed E-state index contributed by atoms with van der Waals surface area (Å²) in [6.45, 7) is 25.3. The summed E-state index contributed by atoms with van der Waals surface area (Å²) in [6, 6.07) is 19.9. The van der Waals surface area contributed by atoms with E-state index in [1.165, 1.54) is 16.9 Å². The second kappa shape index (κ2) is 46.2. The molecule has 1 unspecified atom stereocenters. The fourth-order valence-corrected chi connectivity index (χ4v) is 14.6. The number of benzene rings is 3. The first kappa shape index (κ1) is 92.0. The quantitative estimate of drug-likeness (QED) is 0.0259. The van der Waals surface area contributed by atoms with Crippen molar-refractivity contribution in [3.8, 4) is 0 Å². The number of carboxylic acid groups (broad SMARTS) is 1. The van der Waals surface area contributed by atoms with Crippen LogP contribution in [-0.2, 0) is 81.6 Å². The lowest BCUT2D eigenvalue weighted by Gasteiger charge is -2.41. The molecule has 3 aromatic rings. The monoisotopic (exact) mass is 1510 g/mol. The topological polar surface area (TPSA) is 331 Å². The minimum absolute atomic E-state index is 0.0112. The molecule has 2 aliphatic heterocycles. The molecule has 25 nitrogen and oxygen atoms in total. The summed E-state index contributed by atoms with van der Waals surface area (Å²) < 4.78 is 17.4. The van der Waals surface area contributed by atoms with Gasteiger partial charge in [0.2, 0.25) is 35.4 Å². The van der Waals surface area contributed by atoms with Crippen LogP contribution in [0.1, 0.15) is 188 Å². The molecular formula is C83H127N9O16. The molecule has 3 aromatic carbocycles. The Bertz CT molecular complexity index is 3410. The number of ether oxygens (including phenoxy) is 3. The standard InChI is InChI=1S/C43H72N4O8.C40H55N5O8/c1-13-22-45(9)38(28(5)6)35(48)25-32(27(3)4)42(51)46(10)39(29(7)14-2)36(54-11)26-37(49)47-23-18-21-34(47)40(55-12)30(8)41(50)44-33(43(52)53)24-31-19-16-15-17-20-31;1-26(2)33(24-32(46)10-7-6-8-21-45-36(48)22-28(4)38(45)50)37(49)43-34(11-9-20-42-39(41)51)35(47)23-29-14-16-30(17-15-29)25-53-40(52)44(5)31-18-12-27(3)13-19-31/h15-17,19-20,27-30,32-34,36,38-40H,13-14,18,21-26H2,1-12H3,(H,44,50)(H,52,53);12-19,26,28,33-34H,6-11,20-25H2,1-5H3,(H,43,49)(H3,41,42,51)/t29-,30+,32-,33-,34-,36+,38-,39-,40+;28?,33-,34-/m00/s1. The molecule has 5 rings (SSSR count). The van der Waals surface area contributed by atoms with Crippen LogP contribution in [0.5, 0.6) is 0 Å². The second-order valence-electron chi connectivity index (χ2n) is 30.7. The van der Waals surface area contributed by atoms with Gasteiger partial charge in [0.25, 0.3) is 0 Å². The third-order valence-electron chi connectivity index (χ3n) is 21.2. The molecule has 2 aliphatic rings. The lowest BCUT2D eigenvalue weighted by atomic mass is 9.83. The van der Waals surface area contributed by atoms with Crippen LogP contribution in [-0.4, -0.2) is 200 Å². The number of carbonyl (C=O) groups excluding carboxylic acids is 11. The third kappa shape index (κ3) is 28.5. The highest BCUT2D eigenvalue weighted by Gasteiger charge is 2.44. The summed E-state index contributed by atoms with van der Waals surface area (Å²) >= 11 is 0. The van der Waals surface area contributed by atoms with Crippen LogP contribution in [0.15, 0.2) is 78.9 Å². The van der Waals surface area contributed by atoms with Crippen LogP contribution in [0, 0.1) is 54.3 Å². The van der Waals surface area contributed by atoms with Crippen molar-refractivity contribution in [1.29, 1.82) is 0 Å². The fourth-order valence-electron chi connectivity index (χ4n) is 14.6. The Hall–Kier alpha value is -8.42. The Morgan fingerprint density at radius 1 is 0.704 bits per heavy atom. The molecule has 0 bridgehead atoms. The van der Waals surface area contributed by atoms with E-state index < -0.39 is 78.1 Å². The highest BCUT2D eigenvalue weighted by Crippen LogP contribution is 2.32. The van der Waals surface area contributed by atoms with Crippen molar-refractivity contribution >= 4 is 76.6 Å². The molecule has 0 aliphatic carbocycles. The molecule has 0 spiro atoms. The number of urea groups is 1. The predicted octanol–water partition coefficient (Wildman–Crippen LogP) is 10.3. The van der Waals surface area contributed by atoms with E-state index in [-0.39, 0.29) is 147 Å². The van der Waals surface area contributed by atoms with Gasteiger partial charge in [-0.25, -0.2) is 14.4 Å². The highest BCUT2D eigenvalue weighted by molar-refractivity contribution is 6.03. The van der Waals surface area contributed by atoms with Crippen LogP contribution in [0.3, 0.4) is 0 Å². The maximum Gasteiger partial charge on any atom is 0.414 e. The Morgan fingerprint density at radius 3 is 1.89 bits per heavy atom. The van der Waals surface area contributed by atoms with E-state index in [1.807, 2.05) is 117 Å². The first-order chi connectivity index (χ1) is 51.1. The number of unbranched alkanes of at least 4 members (excludes halogenated alkanes) is 2. The molecule has 6 N–H and O–H groups in total. The number of aryl methyl sites for hydroxylation is 1. The van der Waals surface area contributed by atoms with Gasteiger partial charge in [-0.1, -0.05) is 161 Å². The summed E-state index contributed by atoms with van der Waals surface area (Å²) in [6.07, 6.45) is 4.57. The van der Waals surface area contributed by atoms with Gasteiger partial charge in [0.05, 0.1) is 48.7 Å². The number of nitrogens with zero attached hydrogens (tertiary/aromatic N) is 5. The van der Waals surface area contributed by atoms with Crippen LogP contribution in [0.25, 0.3) is 0 Å². The molecule has 12 atom stereocenters. The zero-order chi connectivity index (χ0) is 80.6. The zero-order valence-electron chi connectivity index (χ0n) is 67.4. The number of aliphatic carboxylic acids is 1. The van der Waals surface area contributed by atoms with Crippen molar-refractivity contribution in [2.75, 3.05) is 66.4 Å². The predicted molar refractivity (Wildman–Crippen MR) is 416 cm³/mol.